The van der Waals surface area contributed by atoms with Gasteiger partial charge in [-0.3, -0.25) is 4.79 Å². The third kappa shape index (κ3) is 4.98. The lowest BCUT2D eigenvalue weighted by molar-refractivity contribution is -0.115. The highest BCUT2D eigenvalue weighted by Crippen LogP contribution is 2.26. The monoisotopic (exact) mass is 328 g/mol. The Balaban J connectivity index is 1.87. The van der Waals surface area contributed by atoms with Crippen LogP contribution in [0.1, 0.15) is 45.1 Å². The molecule has 0 radical (unpaired) electrons. The first kappa shape index (κ1) is 18.3. The van der Waals surface area contributed by atoms with Gasteiger partial charge in [-0.1, -0.05) is 24.6 Å². The fourth-order valence-electron chi connectivity index (χ4n) is 3.17. The molecule has 0 amide bonds. The second-order valence-corrected chi connectivity index (χ2v) is 6.55. The van der Waals surface area contributed by atoms with Crippen LogP contribution in [0.4, 0.5) is 0 Å². The third-order valence-electron chi connectivity index (χ3n) is 4.57. The number of ether oxygens (including phenoxy) is 2. The summed E-state index contributed by atoms with van der Waals surface area (Å²) in [4.78, 5) is 11.8. The normalized spacial score (nSPS) is 16.1. The Kier molecular flexibility index (Phi) is 6.65. The summed E-state index contributed by atoms with van der Waals surface area (Å²) >= 11 is 0. The zero-order valence-corrected chi connectivity index (χ0v) is 15.2. The summed E-state index contributed by atoms with van der Waals surface area (Å²) in [7, 11) is 3.34. The molecule has 1 aromatic rings. The van der Waals surface area contributed by atoms with Crippen LogP contribution in [-0.4, -0.2) is 20.0 Å². The van der Waals surface area contributed by atoms with Crippen LogP contribution in [0, 0.1) is 5.92 Å². The van der Waals surface area contributed by atoms with Crippen molar-refractivity contribution in [3.63, 3.8) is 0 Å². The van der Waals surface area contributed by atoms with E-state index >= 15 is 0 Å². The van der Waals surface area contributed by atoms with Crippen molar-refractivity contribution in [3.05, 3.63) is 47.1 Å². The van der Waals surface area contributed by atoms with Gasteiger partial charge in [0.15, 0.2) is 5.78 Å². The molecule has 2 rings (SSSR count). The number of benzene rings is 1. The molecule has 0 aliphatic heterocycles. The summed E-state index contributed by atoms with van der Waals surface area (Å²) in [6.45, 7) is 4.29. The van der Waals surface area contributed by atoms with E-state index in [2.05, 4.69) is 38.1 Å². The van der Waals surface area contributed by atoms with Crippen molar-refractivity contribution in [1.29, 1.82) is 0 Å². The molecule has 0 N–H and O–H groups in total. The second kappa shape index (κ2) is 8.72. The minimum Gasteiger partial charge on any atom is -0.497 e. The van der Waals surface area contributed by atoms with E-state index in [4.69, 9.17) is 9.47 Å². The highest BCUT2D eigenvalue weighted by molar-refractivity contribution is 5.98. The number of ketones is 1. The molecule has 24 heavy (non-hydrogen) atoms. The van der Waals surface area contributed by atoms with Crippen LogP contribution >= 0.6 is 0 Å². The van der Waals surface area contributed by atoms with Crippen LogP contribution in [0.5, 0.6) is 11.5 Å². The van der Waals surface area contributed by atoms with Gasteiger partial charge in [0.05, 0.1) is 14.2 Å². The Bertz CT molecular complexity index is 618. The molecule has 3 nitrogen and oxygen atoms in total. The molecular weight excluding hydrogens is 300 g/mol. The average molecular weight is 328 g/mol. The fourth-order valence-corrected chi connectivity index (χ4v) is 3.17. The van der Waals surface area contributed by atoms with E-state index in [1.807, 2.05) is 6.07 Å². The van der Waals surface area contributed by atoms with Crippen molar-refractivity contribution >= 4 is 5.78 Å². The number of hydrogen-bond acceptors (Lipinski definition) is 3. The van der Waals surface area contributed by atoms with E-state index in [0.29, 0.717) is 18.1 Å². The average Bonchev–Trinajstić information content (AvgIpc) is 2.89. The molecule has 1 aliphatic carbocycles. The van der Waals surface area contributed by atoms with Crippen LogP contribution in [0.3, 0.4) is 0 Å². The highest BCUT2D eigenvalue weighted by atomic mass is 16.5. The molecule has 0 fully saturated rings. The van der Waals surface area contributed by atoms with Gasteiger partial charge in [-0.2, -0.15) is 0 Å². The maximum Gasteiger partial charge on any atom is 0.159 e. The lowest BCUT2D eigenvalue weighted by Gasteiger charge is -2.11. The maximum atomic E-state index is 11.8. The number of Topliss-reactive ketones (excluding diaryl/α,β-unsaturated/α-hetero) is 1. The second-order valence-electron chi connectivity index (χ2n) is 6.55. The molecular formula is C21H28O3. The minimum atomic E-state index is 0.345. The molecule has 0 spiro atoms. The summed E-state index contributed by atoms with van der Waals surface area (Å²) in [5.41, 5.74) is 3.54. The number of carbonyl (C=O) groups excluding carboxylic acids is 1. The topological polar surface area (TPSA) is 35.5 Å². The first-order valence-electron chi connectivity index (χ1n) is 8.64. The van der Waals surface area contributed by atoms with E-state index in [-0.39, 0.29) is 0 Å². The van der Waals surface area contributed by atoms with Gasteiger partial charge in [-0.05, 0) is 61.8 Å². The van der Waals surface area contributed by atoms with Gasteiger partial charge in [0.1, 0.15) is 11.5 Å². The SMILES string of the molecule is COc1cc(CC(C)/C=C/CCC2=C(C)CCC2=O)cc(OC)c1. The Hall–Kier alpha value is -2.03. The van der Waals surface area contributed by atoms with Crippen molar-refractivity contribution in [2.24, 2.45) is 5.92 Å². The number of hydrogen-bond donors (Lipinski definition) is 0. The predicted octanol–water partition coefficient (Wildman–Crippen LogP) is 4.90. The Morgan fingerprint density at radius 3 is 2.33 bits per heavy atom. The van der Waals surface area contributed by atoms with Crippen LogP contribution in [0.2, 0.25) is 0 Å². The Morgan fingerprint density at radius 1 is 1.12 bits per heavy atom. The van der Waals surface area contributed by atoms with Crippen LogP contribution in [0.15, 0.2) is 41.5 Å². The van der Waals surface area contributed by atoms with E-state index in [1.165, 1.54) is 11.1 Å². The van der Waals surface area contributed by atoms with Crippen molar-refractivity contribution < 1.29 is 14.3 Å². The van der Waals surface area contributed by atoms with E-state index in [9.17, 15) is 4.79 Å². The van der Waals surface area contributed by atoms with Gasteiger partial charge in [0.25, 0.3) is 0 Å². The zero-order chi connectivity index (χ0) is 17.5. The van der Waals surface area contributed by atoms with Gasteiger partial charge in [0.2, 0.25) is 0 Å². The first-order valence-corrected chi connectivity index (χ1v) is 8.64. The molecule has 1 aromatic carbocycles. The zero-order valence-electron chi connectivity index (χ0n) is 15.2. The molecule has 1 unspecified atom stereocenters. The molecule has 1 atom stereocenters. The predicted molar refractivity (Wildman–Crippen MR) is 97.7 cm³/mol. The van der Waals surface area contributed by atoms with Crippen molar-refractivity contribution in [2.75, 3.05) is 14.2 Å². The van der Waals surface area contributed by atoms with Crippen molar-refractivity contribution in [2.45, 2.75) is 46.0 Å². The van der Waals surface area contributed by atoms with Gasteiger partial charge < -0.3 is 9.47 Å². The molecule has 1 aliphatic rings. The number of rotatable bonds is 8. The molecule has 0 saturated heterocycles. The van der Waals surface area contributed by atoms with Gasteiger partial charge in [-0.25, -0.2) is 0 Å². The first-order chi connectivity index (χ1) is 11.5. The Labute approximate surface area is 145 Å². The maximum absolute atomic E-state index is 11.8. The molecule has 0 heterocycles. The van der Waals surface area contributed by atoms with E-state index in [1.54, 1.807) is 14.2 Å². The Morgan fingerprint density at radius 2 is 1.79 bits per heavy atom. The minimum absolute atomic E-state index is 0.345. The number of allylic oxidation sites excluding steroid dienone is 4. The number of carbonyl (C=O) groups is 1. The molecule has 130 valence electrons. The van der Waals surface area contributed by atoms with Crippen LogP contribution in [0.25, 0.3) is 0 Å². The third-order valence-corrected chi connectivity index (χ3v) is 4.57. The van der Waals surface area contributed by atoms with E-state index < -0.39 is 0 Å². The lowest BCUT2D eigenvalue weighted by atomic mass is 9.99. The van der Waals surface area contributed by atoms with Gasteiger partial charge >= 0.3 is 0 Å². The lowest BCUT2D eigenvalue weighted by Crippen LogP contribution is -1.98. The molecule has 0 saturated carbocycles. The van der Waals surface area contributed by atoms with E-state index in [0.717, 1.165) is 42.8 Å². The van der Waals surface area contributed by atoms with Crippen LogP contribution in [-0.2, 0) is 11.2 Å². The van der Waals surface area contributed by atoms with Crippen LogP contribution < -0.4 is 9.47 Å². The molecule has 3 heteroatoms. The summed E-state index contributed by atoms with van der Waals surface area (Å²) in [6.07, 6.45) is 8.84. The number of methoxy groups -OCH3 is 2. The largest absolute Gasteiger partial charge is 0.497 e. The summed E-state index contributed by atoms with van der Waals surface area (Å²) in [5, 5.41) is 0. The van der Waals surface area contributed by atoms with Gasteiger partial charge in [-0.15, -0.1) is 0 Å². The summed E-state index contributed by atoms with van der Waals surface area (Å²) in [6, 6.07) is 6.00. The van der Waals surface area contributed by atoms with Crippen molar-refractivity contribution in [3.8, 4) is 11.5 Å². The molecule has 0 bridgehead atoms. The fraction of sp³-hybridized carbons (Fsp3) is 0.476. The highest BCUT2D eigenvalue weighted by Gasteiger charge is 2.18. The van der Waals surface area contributed by atoms with Crippen molar-refractivity contribution in [1.82, 2.24) is 0 Å². The summed E-state index contributed by atoms with van der Waals surface area (Å²) in [5.74, 6) is 2.42. The summed E-state index contributed by atoms with van der Waals surface area (Å²) < 4.78 is 10.6. The quantitative estimate of drug-likeness (QED) is 0.637. The molecule has 0 aromatic heterocycles. The standard InChI is InChI=1S/C21H28O3/c1-15(7-5-6-8-20-16(2)9-10-21(20)22)11-17-12-18(23-3)14-19(13-17)24-4/h5,7,12-15H,6,8-11H2,1-4H3/b7-5+. The van der Waals surface area contributed by atoms with Gasteiger partial charge in [0, 0.05) is 12.5 Å². The smallest absolute Gasteiger partial charge is 0.159 e.